The van der Waals surface area contributed by atoms with Gasteiger partial charge in [0.05, 0.1) is 19.3 Å². The maximum Gasteiger partial charge on any atom is 0.154 e. The molecule has 3 rings (SSSR count). The van der Waals surface area contributed by atoms with Gasteiger partial charge in [0, 0.05) is 12.4 Å². The van der Waals surface area contributed by atoms with Gasteiger partial charge in [0.1, 0.15) is 11.1 Å². The molecule has 90 valence electrons. The first-order valence-corrected chi connectivity index (χ1v) is 5.86. The molecular formula is C12H16N4O. The van der Waals surface area contributed by atoms with E-state index < -0.39 is 5.60 Å². The molecule has 0 radical (unpaired) electrons. The zero-order valence-electron chi connectivity index (χ0n) is 10.0. The fourth-order valence-electron chi connectivity index (χ4n) is 2.22. The van der Waals surface area contributed by atoms with Crippen molar-refractivity contribution in [3.8, 4) is 0 Å². The van der Waals surface area contributed by atoms with Gasteiger partial charge in [-0.3, -0.25) is 0 Å². The number of aliphatic hydroxyl groups is 1. The predicted octanol–water partition coefficient (Wildman–Crippen LogP) is 0.936. The van der Waals surface area contributed by atoms with Gasteiger partial charge in [-0.15, -0.1) is 0 Å². The minimum Gasteiger partial charge on any atom is -0.386 e. The Morgan fingerprint density at radius 2 is 2.12 bits per heavy atom. The van der Waals surface area contributed by atoms with Crippen LogP contribution in [0.1, 0.15) is 13.8 Å². The van der Waals surface area contributed by atoms with Crippen molar-refractivity contribution in [2.24, 2.45) is 5.92 Å². The lowest BCUT2D eigenvalue weighted by Crippen LogP contribution is -2.65. The van der Waals surface area contributed by atoms with Gasteiger partial charge in [0.25, 0.3) is 0 Å². The lowest BCUT2D eigenvalue weighted by molar-refractivity contribution is -0.0303. The summed E-state index contributed by atoms with van der Waals surface area (Å²) in [6.45, 7) is 5.37. The van der Waals surface area contributed by atoms with E-state index in [0.29, 0.717) is 13.1 Å². The average Bonchev–Trinajstić information content (AvgIpc) is 2.72. The molecule has 3 heterocycles. The highest BCUT2D eigenvalue weighted by Gasteiger charge is 2.44. The van der Waals surface area contributed by atoms with Gasteiger partial charge in [-0.25, -0.2) is 9.50 Å². The molecule has 2 aromatic heterocycles. The highest BCUT2D eigenvalue weighted by molar-refractivity contribution is 5.69. The number of hydrogen-bond acceptors (Lipinski definition) is 4. The van der Waals surface area contributed by atoms with Crippen LogP contribution in [0.4, 0.5) is 5.82 Å². The minimum atomic E-state index is -0.575. The molecule has 1 aliphatic heterocycles. The van der Waals surface area contributed by atoms with E-state index in [4.69, 9.17) is 0 Å². The van der Waals surface area contributed by atoms with Crippen LogP contribution < -0.4 is 4.90 Å². The van der Waals surface area contributed by atoms with Gasteiger partial charge < -0.3 is 10.0 Å². The first kappa shape index (κ1) is 10.5. The van der Waals surface area contributed by atoms with Crippen molar-refractivity contribution >= 4 is 11.3 Å². The van der Waals surface area contributed by atoms with Gasteiger partial charge in [-0.05, 0) is 12.0 Å². The van der Waals surface area contributed by atoms with E-state index >= 15 is 0 Å². The molecule has 17 heavy (non-hydrogen) atoms. The summed E-state index contributed by atoms with van der Waals surface area (Å²) in [5, 5.41) is 14.4. The van der Waals surface area contributed by atoms with E-state index in [-0.39, 0.29) is 5.92 Å². The average molecular weight is 232 g/mol. The van der Waals surface area contributed by atoms with Gasteiger partial charge in [-0.2, -0.15) is 5.10 Å². The summed E-state index contributed by atoms with van der Waals surface area (Å²) in [6, 6.07) is 1.94. The summed E-state index contributed by atoms with van der Waals surface area (Å²) in [4.78, 5) is 6.47. The van der Waals surface area contributed by atoms with Gasteiger partial charge in [-0.1, -0.05) is 13.8 Å². The SMILES string of the molecule is CC(C)C1(O)CN(c2nccn3nccc23)C1. The summed E-state index contributed by atoms with van der Waals surface area (Å²) in [7, 11) is 0. The van der Waals surface area contributed by atoms with Crippen molar-refractivity contribution in [2.45, 2.75) is 19.4 Å². The Bertz CT molecular complexity index is 542. The molecule has 0 aromatic carbocycles. The van der Waals surface area contributed by atoms with Crippen LogP contribution in [-0.4, -0.2) is 38.4 Å². The molecule has 0 saturated carbocycles. The van der Waals surface area contributed by atoms with Crippen molar-refractivity contribution in [3.05, 3.63) is 24.7 Å². The maximum atomic E-state index is 10.2. The normalized spacial score (nSPS) is 18.7. The standard InChI is InChI=1S/C12H16N4O/c1-9(2)12(17)7-15(8-12)11-10-3-4-14-16(10)6-5-13-11/h3-6,9,17H,7-8H2,1-2H3. The Balaban J connectivity index is 1.90. The molecule has 0 amide bonds. The van der Waals surface area contributed by atoms with Crippen LogP contribution >= 0.6 is 0 Å². The van der Waals surface area contributed by atoms with Crippen LogP contribution in [0, 0.1) is 5.92 Å². The fourth-order valence-corrected chi connectivity index (χ4v) is 2.22. The van der Waals surface area contributed by atoms with Crippen LogP contribution in [0.2, 0.25) is 0 Å². The largest absolute Gasteiger partial charge is 0.386 e. The first-order valence-electron chi connectivity index (χ1n) is 5.86. The number of anilines is 1. The zero-order valence-corrected chi connectivity index (χ0v) is 10.0. The molecule has 1 saturated heterocycles. The minimum absolute atomic E-state index is 0.267. The molecule has 1 N–H and O–H groups in total. The lowest BCUT2D eigenvalue weighted by atomic mass is 9.83. The lowest BCUT2D eigenvalue weighted by Gasteiger charge is -2.49. The fraction of sp³-hybridized carbons (Fsp3) is 0.500. The Kier molecular flexibility index (Phi) is 2.13. The van der Waals surface area contributed by atoms with Crippen LogP contribution in [-0.2, 0) is 0 Å². The van der Waals surface area contributed by atoms with E-state index in [2.05, 4.69) is 15.0 Å². The third-order valence-electron chi connectivity index (χ3n) is 3.61. The number of nitrogens with zero attached hydrogens (tertiary/aromatic N) is 4. The van der Waals surface area contributed by atoms with E-state index in [0.717, 1.165) is 11.3 Å². The Morgan fingerprint density at radius 1 is 1.35 bits per heavy atom. The predicted molar refractivity (Wildman–Crippen MR) is 65.0 cm³/mol. The molecule has 0 unspecified atom stereocenters. The van der Waals surface area contributed by atoms with E-state index in [1.165, 1.54) is 0 Å². The van der Waals surface area contributed by atoms with Crippen LogP contribution in [0.3, 0.4) is 0 Å². The van der Waals surface area contributed by atoms with Crippen LogP contribution in [0.15, 0.2) is 24.7 Å². The van der Waals surface area contributed by atoms with Crippen molar-refractivity contribution in [2.75, 3.05) is 18.0 Å². The molecule has 5 nitrogen and oxygen atoms in total. The zero-order chi connectivity index (χ0) is 12.0. The summed E-state index contributed by atoms with van der Waals surface area (Å²) >= 11 is 0. The maximum absolute atomic E-state index is 10.2. The molecule has 0 aliphatic carbocycles. The van der Waals surface area contributed by atoms with Crippen LogP contribution in [0.5, 0.6) is 0 Å². The number of aromatic nitrogens is 3. The third kappa shape index (κ3) is 1.50. The van der Waals surface area contributed by atoms with Gasteiger partial charge >= 0.3 is 0 Å². The second-order valence-electron chi connectivity index (χ2n) is 5.03. The molecule has 2 aromatic rings. The van der Waals surface area contributed by atoms with E-state index in [9.17, 15) is 5.11 Å². The van der Waals surface area contributed by atoms with Crippen molar-refractivity contribution in [1.82, 2.24) is 14.6 Å². The quantitative estimate of drug-likeness (QED) is 0.837. The highest BCUT2D eigenvalue weighted by atomic mass is 16.3. The number of β-amino-alcohol motifs (C(OH)–C–C–N with tert-alkyl or cyclic N) is 1. The summed E-state index contributed by atoms with van der Waals surface area (Å²) in [5.41, 5.74) is 0.410. The second-order valence-corrected chi connectivity index (χ2v) is 5.03. The van der Waals surface area contributed by atoms with Gasteiger partial charge in [0.2, 0.25) is 0 Å². The van der Waals surface area contributed by atoms with Crippen molar-refractivity contribution < 1.29 is 5.11 Å². The van der Waals surface area contributed by atoms with Gasteiger partial charge in [0.15, 0.2) is 5.82 Å². The Labute approximate surface area is 99.7 Å². The molecule has 1 fully saturated rings. The highest BCUT2D eigenvalue weighted by Crippen LogP contribution is 2.33. The molecule has 0 spiro atoms. The topological polar surface area (TPSA) is 53.7 Å². The summed E-state index contributed by atoms with van der Waals surface area (Å²) in [6.07, 6.45) is 5.32. The van der Waals surface area contributed by atoms with Crippen molar-refractivity contribution in [3.63, 3.8) is 0 Å². The molecule has 0 bridgehead atoms. The Morgan fingerprint density at radius 3 is 2.82 bits per heavy atom. The van der Waals surface area contributed by atoms with Crippen molar-refractivity contribution in [1.29, 1.82) is 0 Å². The summed E-state index contributed by atoms with van der Waals surface area (Å²) in [5.74, 6) is 1.17. The molecule has 0 atom stereocenters. The van der Waals surface area contributed by atoms with E-state index in [1.807, 2.05) is 26.1 Å². The smallest absolute Gasteiger partial charge is 0.154 e. The molecular weight excluding hydrogens is 216 g/mol. The summed E-state index contributed by atoms with van der Waals surface area (Å²) < 4.78 is 1.80. The monoisotopic (exact) mass is 232 g/mol. The number of hydrogen-bond donors (Lipinski definition) is 1. The van der Waals surface area contributed by atoms with E-state index in [1.54, 1.807) is 16.9 Å². The number of rotatable bonds is 2. The molecule has 5 heteroatoms. The molecule has 1 aliphatic rings. The number of fused-ring (bicyclic) bond motifs is 1. The Hall–Kier alpha value is -1.62. The second kappa shape index (κ2) is 3.43. The first-order chi connectivity index (χ1) is 8.10. The van der Waals surface area contributed by atoms with Crippen LogP contribution in [0.25, 0.3) is 5.52 Å². The third-order valence-corrected chi connectivity index (χ3v) is 3.61.